The topological polar surface area (TPSA) is 80.3 Å². The van der Waals surface area contributed by atoms with Crippen LogP contribution in [0.1, 0.15) is 13.3 Å². The van der Waals surface area contributed by atoms with E-state index < -0.39 is 0 Å². The first-order chi connectivity index (χ1) is 8.52. The number of amides is 1. The zero-order valence-electron chi connectivity index (χ0n) is 11.3. The van der Waals surface area contributed by atoms with Crippen LogP contribution in [0.2, 0.25) is 0 Å². The highest BCUT2D eigenvalue weighted by molar-refractivity contribution is 5.75. The van der Waals surface area contributed by atoms with Crippen LogP contribution in [0, 0.1) is 0 Å². The number of carbonyl (C=O) groups excluding carboxylic acids is 1. The molecule has 0 spiro atoms. The predicted molar refractivity (Wildman–Crippen MR) is 69.9 cm³/mol. The Morgan fingerprint density at radius 1 is 1.39 bits per heavy atom. The van der Waals surface area contributed by atoms with E-state index in [9.17, 15) is 4.79 Å². The van der Waals surface area contributed by atoms with Crippen molar-refractivity contribution in [2.75, 3.05) is 39.5 Å². The number of nitrogens with two attached hydrogens (primary N) is 1. The number of anilines is 1. The van der Waals surface area contributed by atoms with Crippen molar-refractivity contribution in [2.24, 2.45) is 0 Å². The first-order valence-electron chi connectivity index (χ1n) is 6.10. The van der Waals surface area contributed by atoms with Crippen LogP contribution in [0.25, 0.3) is 0 Å². The van der Waals surface area contributed by atoms with Crippen LogP contribution in [0.15, 0.2) is 6.33 Å². The van der Waals surface area contributed by atoms with Crippen LogP contribution < -0.4 is 5.73 Å². The number of carbonyl (C=O) groups is 1. The smallest absolute Gasteiger partial charge is 0.244 e. The lowest BCUT2D eigenvalue weighted by molar-refractivity contribution is -0.132. The monoisotopic (exact) mass is 254 g/mol. The molecule has 7 nitrogen and oxygen atoms in total. The fraction of sp³-hybridized carbons (Fsp3) is 0.727. The molecule has 0 fully saturated rings. The molecule has 0 saturated carbocycles. The molecule has 102 valence electrons. The Kier molecular flexibility index (Phi) is 5.57. The second-order valence-electron chi connectivity index (χ2n) is 4.48. The van der Waals surface area contributed by atoms with Gasteiger partial charge in [-0.05, 0) is 20.5 Å². The van der Waals surface area contributed by atoms with Gasteiger partial charge in [0.1, 0.15) is 12.9 Å². The van der Waals surface area contributed by atoms with Crippen LogP contribution in [0.5, 0.6) is 0 Å². The third-order valence-corrected chi connectivity index (χ3v) is 2.51. The van der Waals surface area contributed by atoms with Crippen molar-refractivity contribution in [1.82, 2.24) is 24.6 Å². The SMILES string of the molecule is CCCN(CCN(C)C)C(=O)Cn1cnc(N)n1. The van der Waals surface area contributed by atoms with E-state index in [0.29, 0.717) is 0 Å². The summed E-state index contributed by atoms with van der Waals surface area (Å²) in [5, 5.41) is 3.91. The second-order valence-corrected chi connectivity index (χ2v) is 4.48. The number of aromatic nitrogens is 3. The van der Waals surface area contributed by atoms with E-state index in [1.54, 1.807) is 0 Å². The fourth-order valence-electron chi connectivity index (χ4n) is 1.58. The summed E-state index contributed by atoms with van der Waals surface area (Å²) in [6.45, 7) is 4.59. The van der Waals surface area contributed by atoms with Crippen LogP contribution in [0.4, 0.5) is 5.95 Å². The van der Waals surface area contributed by atoms with Crippen molar-refractivity contribution in [3.05, 3.63) is 6.33 Å². The van der Waals surface area contributed by atoms with Gasteiger partial charge in [0.15, 0.2) is 0 Å². The Hall–Kier alpha value is -1.63. The first-order valence-corrected chi connectivity index (χ1v) is 6.10. The summed E-state index contributed by atoms with van der Waals surface area (Å²) < 4.78 is 1.47. The van der Waals surface area contributed by atoms with Gasteiger partial charge in [0.25, 0.3) is 0 Å². The summed E-state index contributed by atoms with van der Waals surface area (Å²) in [6, 6.07) is 0. The Labute approximate surface area is 108 Å². The largest absolute Gasteiger partial charge is 0.367 e. The molecular formula is C11H22N6O. The highest BCUT2D eigenvalue weighted by atomic mass is 16.2. The van der Waals surface area contributed by atoms with Crippen molar-refractivity contribution in [2.45, 2.75) is 19.9 Å². The maximum atomic E-state index is 12.1. The van der Waals surface area contributed by atoms with E-state index in [0.717, 1.165) is 26.1 Å². The molecule has 18 heavy (non-hydrogen) atoms. The molecule has 1 aromatic rings. The molecular weight excluding hydrogens is 232 g/mol. The summed E-state index contributed by atoms with van der Waals surface area (Å²) >= 11 is 0. The van der Waals surface area contributed by atoms with Gasteiger partial charge < -0.3 is 15.5 Å². The normalized spacial score (nSPS) is 10.9. The summed E-state index contributed by atoms with van der Waals surface area (Å²) in [6.07, 6.45) is 2.42. The Morgan fingerprint density at radius 2 is 2.11 bits per heavy atom. The number of nitrogens with zero attached hydrogens (tertiary/aromatic N) is 5. The van der Waals surface area contributed by atoms with Gasteiger partial charge in [-0.3, -0.25) is 4.79 Å². The van der Waals surface area contributed by atoms with E-state index in [-0.39, 0.29) is 18.4 Å². The van der Waals surface area contributed by atoms with Gasteiger partial charge in [0.05, 0.1) is 0 Å². The zero-order valence-corrected chi connectivity index (χ0v) is 11.3. The van der Waals surface area contributed by atoms with E-state index in [1.165, 1.54) is 11.0 Å². The second kappa shape index (κ2) is 6.95. The van der Waals surface area contributed by atoms with Gasteiger partial charge in [-0.15, -0.1) is 5.10 Å². The Morgan fingerprint density at radius 3 is 2.61 bits per heavy atom. The minimum absolute atomic E-state index is 0.0450. The van der Waals surface area contributed by atoms with E-state index in [4.69, 9.17) is 5.73 Å². The number of rotatable bonds is 7. The lowest BCUT2D eigenvalue weighted by atomic mass is 10.3. The number of hydrogen-bond acceptors (Lipinski definition) is 5. The average molecular weight is 254 g/mol. The average Bonchev–Trinajstić information content (AvgIpc) is 2.69. The first kappa shape index (κ1) is 14.4. The molecule has 1 rings (SSSR count). The van der Waals surface area contributed by atoms with E-state index in [1.807, 2.05) is 19.0 Å². The van der Waals surface area contributed by atoms with Crippen LogP contribution in [-0.2, 0) is 11.3 Å². The molecule has 0 unspecified atom stereocenters. The zero-order chi connectivity index (χ0) is 13.5. The Balaban J connectivity index is 2.53. The molecule has 0 atom stereocenters. The van der Waals surface area contributed by atoms with E-state index in [2.05, 4.69) is 21.9 Å². The lowest BCUT2D eigenvalue weighted by Crippen LogP contribution is -2.39. The van der Waals surface area contributed by atoms with Gasteiger partial charge in [-0.2, -0.15) is 0 Å². The molecule has 1 aromatic heterocycles. The van der Waals surface area contributed by atoms with Gasteiger partial charge in [0.2, 0.25) is 11.9 Å². The van der Waals surface area contributed by atoms with Crippen molar-refractivity contribution in [1.29, 1.82) is 0 Å². The molecule has 1 heterocycles. The third kappa shape index (κ3) is 4.70. The maximum absolute atomic E-state index is 12.1. The van der Waals surface area contributed by atoms with Gasteiger partial charge in [-0.25, -0.2) is 9.67 Å². The molecule has 0 bridgehead atoms. The van der Waals surface area contributed by atoms with Gasteiger partial charge in [-0.1, -0.05) is 6.92 Å². The Bertz CT molecular complexity index is 375. The highest BCUT2D eigenvalue weighted by Crippen LogP contribution is 1.97. The molecule has 1 amide bonds. The van der Waals surface area contributed by atoms with Crippen LogP contribution in [0.3, 0.4) is 0 Å². The third-order valence-electron chi connectivity index (χ3n) is 2.51. The minimum atomic E-state index is 0.0450. The lowest BCUT2D eigenvalue weighted by Gasteiger charge is -2.23. The van der Waals surface area contributed by atoms with E-state index >= 15 is 0 Å². The maximum Gasteiger partial charge on any atom is 0.244 e. The van der Waals surface area contributed by atoms with Crippen molar-refractivity contribution >= 4 is 11.9 Å². The molecule has 0 radical (unpaired) electrons. The molecule has 0 aromatic carbocycles. The van der Waals surface area contributed by atoms with Crippen molar-refractivity contribution < 1.29 is 4.79 Å². The minimum Gasteiger partial charge on any atom is -0.367 e. The van der Waals surface area contributed by atoms with Crippen LogP contribution in [-0.4, -0.2) is 64.2 Å². The van der Waals surface area contributed by atoms with Crippen LogP contribution >= 0.6 is 0 Å². The summed E-state index contributed by atoms with van der Waals surface area (Å²) in [5.74, 6) is 0.238. The molecule has 7 heteroatoms. The van der Waals surface area contributed by atoms with Gasteiger partial charge in [0, 0.05) is 19.6 Å². The predicted octanol–water partition coefficient (Wildman–Crippen LogP) is -0.339. The fourth-order valence-corrected chi connectivity index (χ4v) is 1.58. The van der Waals surface area contributed by atoms with Crippen molar-refractivity contribution in [3.8, 4) is 0 Å². The highest BCUT2D eigenvalue weighted by Gasteiger charge is 2.13. The molecule has 0 saturated heterocycles. The molecule has 0 aliphatic carbocycles. The number of hydrogen-bond donors (Lipinski definition) is 1. The summed E-state index contributed by atoms with van der Waals surface area (Å²) in [7, 11) is 3.99. The number of nitrogen functional groups attached to an aromatic ring is 1. The quantitative estimate of drug-likeness (QED) is 0.720. The standard InChI is InChI=1S/C11H22N6O/c1-4-5-16(7-6-15(2)3)10(18)8-17-9-13-11(12)14-17/h9H,4-8H2,1-3H3,(H2,12,14). The number of likely N-dealkylation sites (N-methyl/N-ethyl adjacent to an activating group) is 1. The summed E-state index contributed by atoms with van der Waals surface area (Å²) in [4.78, 5) is 19.8. The molecule has 0 aliphatic rings. The van der Waals surface area contributed by atoms with Gasteiger partial charge >= 0.3 is 0 Å². The molecule has 2 N–H and O–H groups in total. The van der Waals surface area contributed by atoms with Crippen molar-refractivity contribution in [3.63, 3.8) is 0 Å². The molecule has 0 aliphatic heterocycles. The summed E-state index contributed by atoms with van der Waals surface area (Å²) in [5.41, 5.74) is 5.41.